The zero-order chi connectivity index (χ0) is 27.3. The third-order valence-electron chi connectivity index (χ3n) is 5.83. The fourth-order valence-electron chi connectivity index (χ4n) is 3.62. The fraction of sp³-hybridized carbons (Fsp3) is 0.643. The number of benzene rings is 1. The topological polar surface area (TPSA) is 71.6 Å². The SMILES string of the molecule is CCCCSSCCOC(=O)CCN(CCC(=O)OCCSSCCCC)CCc1c[nH]c2ccccc12. The van der Waals surface area contributed by atoms with Crippen LogP contribution in [0.25, 0.3) is 10.9 Å². The summed E-state index contributed by atoms with van der Waals surface area (Å²) in [5.74, 6) is 3.54. The lowest BCUT2D eigenvalue weighted by molar-refractivity contribution is -0.143. The first-order valence-electron chi connectivity index (χ1n) is 13.7. The Morgan fingerprint density at radius 3 is 1.92 bits per heavy atom. The summed E-state index contributed by atoms with van der Waals surface area (Å²) in [7, 11) is 7.21. The highest BCUT2D eigenvalue weighted by atomic mass is 33.1. The number of aromatic amines is 1. The molecule has 0 saturated heterocycles. The largest absolute Gasteiger partial charge is 0.465 e. The van der Waals surface area contributed by atoms with Crippen LogP contribution >= 0.6 is 43.2 Å². The molecule has 38 heavy (non-hydrogen) atoms. The van der Waals surface area contributed by atoms with Gasteiger partial charge in [-0.05, 0) is 30.9 Å². The Labute approximate surface area is 244 Å². The van der Waals surface area contributed by atoms with Crippen LogP contribution in [0, 0.1) is 0 Å². The van der Waals surface area contributed by atoms with Crippen LogP contribution in [-0.4, -0.2) is 77.7 Å². The van der Waals surface area contributed by atoms with Gasteiger partial charge in [0, 0.05) is 59.7 Å². The number of fused-ring (bicyclic) bond motifs is 1. The number of esters is 2. The van der Waals surface area contributed by atoms with E-state index in [2.05, 4.69) is 42.1 Å². The minimum Gasteiger partial charge on any atom is -0.465 e. The van der Waals surface area contributed by atoms with E-state index in [4.69, 9.17) is 9.47 Å². The Morgan fingerprint density at radius 2 is 1.34 bits per heavy atom. The maximum atomic E-state index is 12.3. The van der Waals surface area contributed by atoms with Crippen molar-refractivity contribution in [3.63, 3.8) is 0 Å². The molecule has 1 aromatic heterocycles. The first-order valence-corrected chi connectivity index (χ1v) is 18.7. The van der Waals surface area contributed by atoms with E-state index in [1.165, 1.54) is 36.6 Å². The number of aromatic nitrogens is 1. The van der Waals surface area contributed by atoms with Gasteiger partial charge < -0.3 is 19.4 Å². The molecule has 0 aliphatic rings. The summed E-state index contributed by atoms with van der Waals surface area (Å²) < 4.78 is 10.9. The van der Waals surface area contributed by atoms with Crippen molar-refractivity contribution in [3.05, 3.63) is 36.0 Å². The van der Waals surface area contributed by atoms with E-state index < -0.39 is 0 Å². The molecule has 0 amide bonds. The third-order valence-corrected chi connectivity index (χ3v) is 10.7. The van der Waals surface area contributed by atoms with Crippen molar-refractivity contribution in [2.45, 2.75) is 58.8 Å². The van der Waals surface area contributed by atoms with Crippen molar-refractivity contribution >= 4 is 66.0 Å². The zero-order valence-corrected chi connectivity index (χ0v) is 26.2. The number of nitrogens with zero attached hydrogens (tertiary/aromatic N) is 1. The molecule has 0 atom stereocenters. The number of nitrogens with one attached hydrogen (secondary N) is 1. The standard InChI is InChI=1S/C28H44N2O4S4/c1-3-5-19-35-37-21-17-33-27(31)12-15-30(14-11-24-23-29-26-10-8-7-9-25(24)26)16-13-28(32)34-18-22-38-36-20-6-4-2/h7-10,23,29H,3-6,11-22H2,1-2H3. The molecule has 10 heteroatoms. The average Bonchev–Trinajstić information content (AvgIpc) is 3.34. The lowest BCUT2D eigenvalue weighted by Gasteiger charge is -2.21. The van der Waals surface area contributed by atoms with Crippen LogP contribution in [0.2, 0.25) is 0 Å². The number of hydrogen-bond donors (Lipinski definition) is 1. The van der Waals surface area contributed by atoms with Crippen LogP contribution in [0.15, 0.2) is 30.5 Å². The van der Waals surface area contributed by atoms with Gasteiger partial charge in [-0.2, -0.15) is 0 Å². The van der Waals surface area contributed by atoms with Crippen molar-refractivity contribution in [1.29, 1.82) is 0 Å². The molecular formula is C28H44N2O4S4. The van der Waals surface area contributed by atoms with Gasteiger partial charge in [0.15, 0.2) is 0 Å². The van der Waals surface area contributed by atoms with Crippen LogP contribution in [0.3, 0.4) is 0 Å². The minimum absolute atomic E-state index is 0.179. The molecule has 0 spiro atoms. The lowest BCUT2D eigenvalue weighted by Crippen LogP contribution is -2.31. The second kappa shape index (κ2) is 21.8. The lowest BCUT2D eigenvalue weighted by atomic mass is 10.1. The van der Waals surface area contributed by atoms with Crippen molar-refractivity contribution in [3.8, 4) is 0 Å². The van der Waals surface area contributed by atoms with E-state index in [1.54, 1.807) is 21.6 Å². The number of ether oxygens (including phenoxy) is 2. The van der Waals surface area contributed by atoms with Gasteiger partial charge in [0.1, 0.15) is 13.2 Å². The molecule has 0 radical (unpaired) electrons. The van der Waals surface area contributed by atoms with Gasteiger partial charge in [-0.3, -0.25) is 9.59 Å². The number of hydrogen-bond acceptors (Lipinski definition) is 9. The number of rotatable bonds is 23. The van der Waals surface area contributed by atoms with Crippen LogP contribution in [0.1, 0.15) is 57.9 Å². The maximum absolute atomic E-state index is 12.3. The Kier molecular flexibility index (Phi) is 19.1. The number of carbonyl (C=O) groups excluding carboxylic acids is 2. The summed E-state index contributed by atoms with van der Waals surface area (Å²) in [5.41, 5.74) is 2.36. The Hall–Kier alpha value is -0.940. The van der Waals surface area contributed by atoms with Crippen molar-refractivity contribution < 1.29 is 19.1 Å². The quantitative estimate of drug-likeness (QED) is 0.0807. The molecule has 1 heterocycles. The van der Waals surface area contributed by atoms with Gasteiger partial charge in [0.25, 0.3) is 0 Å². The molecule has 0 saturated carbocycles. The summed E-state index contributed by atoms with van der Waals surface area (Å²) >= 11 is 0. The van der Waals surface area contributed by atoms with E-state index in [-0.39, 0.29) is 11.9 Å². The second-order valence-electron chi connectivity index (χ2n) is 8.89. The Morgan fingerprint density at radius 1 is 0.789 bits per heavy atom. The first-order chi connectivity index (χ1) is 18.6. The molecule has 2 rings (SSSR count). The maximum Gasteiger partial charge on any atom is 0.307 e. The highest BCUT2D eigenvalue weighted by molar-refractivity contribution is 8.77. The normalized spacial score (nSPS) is 11.3. The third kappa shape index (κ3) is 15.0. The molecule has 6 nitrogen and oxygen atoms in total. The molecule has 0 unspecified atom stereocenters. The smallest absolute Gasteiger partial charge is 0.307 e. The molecule has 214 valence electrons. The fourth-order valence-corrected chi connectivity index (χ4v) is 7.73. The van der Waals surface area contributed by atoms with E-state index in [1.807, 2.05) is 33.7 Å². The Bertz CT molecular complexity index is 878. The summed E-state index contributed by atoms with van der Waals surface area (Å²) in [6.45, 7) is 7.16. The van der Waals surface area contributed by atoms with E-state index >= 15 is 0 Å². The van der Waals surface area contributed by atoms with Crippen molar-refractivity contribution in [1.82, 2.24) is 9.88 Å². The monoisotopic (exact) mass is 600 g/mol. The van der Waals surface area contributed by atoms with Crippen LogP contribution in [0.5, 0.6) is 0 Å². The molecular weight excluding hydrogens is 557 g/mol. The van der Waals surface area contributed by atoms with E-state index in [0.717, 1.165) is 41.5 Å². The van der Waals surface area contributed by atoms with Crippen LogP contribution < -0.4 is 0 Å². The predicted octanol–water partition coefficient (Wildman–Crippen LogP) is 7.24. The highest BCUT2D eigenvalue weighted by Gasteiger charge is 2.14. The number of carbonyl (C=O) groups is 2. The zero-order valence-electron chi connectivity index (χ0n) is 22.9. The van der Waals surface area contributed by atoms with E-state index in [9.17, 15) is 9.59 Å². The van der Waals surface area contributed by atoms with Crippen molar-refractivity contribution in [2.75, 3.05) is 55.9 Å². The van der Waals surface area contributed by atoms with Gasteiger partial charge in [-0.1, -0.05) is 88.1 Å². The van der Waals surface area contributed by atoms with Gasteiger partial charge in [-0.15, -0.1) is 0 Å². The summed E-state index contributed by atoms with van der Waals surface area (Å²) in [5, 5.41) is 1.22. The molecule has 0 bridgehead atoms. The summed E-state index contributed by atoms with van der Waals surface area (Å²) in [6, 6.07) is 8.27. The molecule has 1 aromatic carbocycles. The first kappa shape index (κ1) is 33.3. The number of unbranched alkanes of at least 4 members (excludes halogenated alkanes) is 2. The van der Waals surface area contributed by atoms with Gasteiger partial charge >= 0.3 is 11.9 Å². The van der Waals surface area contributed by atoms with Crippen LogP contribution in [0.4, 0.5) is 0 Å². The summed E-state index contributed by atoms with van der Waals surface area (Å²) in [4.78, 5) is 30.2. The Balaban J connectivity index is 1.74. The predicted molar refractivity (Wildman–Crippen MR) is 169 cm³/mol. The minimum atomic E-state index is -0.179. The van der Waals surface area contributed by atoms with Gasteiger partial charge in [-0.25, -0.2) is 0 Å². The van der Waals surface area contributed by atoms with Gasteiger partial charge in [0.2, 0.25) is 0 Å². The summed E-state index contributed by atoms with van der Waals surface area (Å²) in [6.07, 6.45) is 8.38. The van der Waals surface area contributed by atoms with E-state index in [0.29, 0.717) is 39.1 Å². The van der Waals surface area contributed by atoms with Crippen LogP contribution in [-0.2, 0) is 25.5 Å². The number of para-hydroxylation sites is 1. The second-order valence-corrected chi connectivity index (χ2v) is 14.3. The molecule has 2 aromatic rings. The molecule has 0 aliphatic heterocycles. The molecule has 1 N–H and O–H groups in total. The average molecular weight is 601 g/mol. The van der Waals surface area contributed by atoms with Crippen molar-refractivity contribution in [2.24, 2.45) is 0 Å². The van der Waals surface area contributed by atoms with Gasteiger partial charge in [0.05, 0.1) is 12.8 Å². The molecule has 0 aliphatic carbocycles. The highest BCUT2D eigenvalue weighted by Crippen LogP contribution is 2.23. The number of H-pyrrole nitrogens is 1. The molecule has 0 fully saturated rings.